The maximum atomic E-state index is 14.6. The fraction of sp³-hybridized carbons (Fsp3) is 0.357. The number of hydrogen-bond donors (Lipinski definition) is 0. The van der Waals surface area contributed by atoms with Gasteiger partial charge in [-0.25, -0.2) is 8.78 Å². The molecule has 0 spiro atoms. The molecule has 0 aliphatic heterocycles. The molecular formula is C28H32F2. The second kappa shape index (κ2) is 11.1. The van der Waals surface area contributed by atoms with Crippen LogP contribution in [0.1, 0.15) is 61.8 Å². The van der Waals surface area contributed by atoms with Gasteiger partial charge in [-0.3, -0.25) is 0 Å². The second-order valence-corrected chi connectivity index (χ2v) is 8.12. The van der Waals surface area contributed by atoms with Crippen molar-refractivity contribution in [1.29, 1.82) is 0 Å². The molecule has 0 fully saturated rings. The topological polar surface area (TPSA) is 0 Å². The van der Waals surface area contributed by atoms with Gasteiger partial charge in [0.2, 0.25) is 0 Å². The number of unbranched alkanes of at least 4 members (excludes halogenated alkanes) is 2. The molecule has 0 heterocycles. The summed E-state index contributed by atoms with van der Waals surface area (Å²) in [5.41, 5.74) is 5.45. The summed E-state index contributed by atoms with van der Waals surface area (Å²) in [5.74, 6) is -1.43. The zero-order valence-corrected chi connectivity index (χ0v) is 18.2. The summed E-state index contributed by atoms with van der Waals surface area (Å²) in [6, 6.07) is 20.1. The standard InChI is InChI=1S/C28H32F2/c1-3-5-6-8-25-19-20-26(28(30)27(25)29)24-17-15-23(16-18-24)14-13-22-11-9-21(7-4-2)10-12-22/h9-12,15-20H,3-8,13-14H2,1-2H3. The van der Waals surface area contributed by atoms with Gasteiger partial charge in [-0.1, -0.05) is 93.8 Å². The minimum Gasteiger partial charge on any atom is -0.203 e. The SMILES string of the molecule is CCCCCc1ccc(-c2ccc(CCc3ccc(CCC)cc3)cc2)c(F)c1F. The summed E-state index contributed by atoms with van der Waals surface area (Å²) in [6.07, 6.45) is 7.78. The molecular weight excluding hydrogens is 374 g/mol. The lowest BCUT2D eigenvalue weighted by Gasteiger charge is -2.10. The molecule has 0 N–H and O–H groups in total. The lowest BCUT2D eigenvalue weighted by Crippen LogP contribution is -1.98. The molecule has 0 aromatic heterocycles. The molecule has 3 aromatic rings. The third-order valence-electron chi connectivity index (χ3n) is 5.74. The predicted octanol–water partition coefficient (Wildman–Crippen LogP) is 8.10. The van der Waals surface area contributed by atoms with E-state index >= 15 is 0 Å². The van der Waals surface area contributed by atoms with Crippen LogP contribution in [0.5, 0.6) is 0 Å². The van der Waals surface area contributed by atoms with Crippen molar-refractivity contribution in [3.05, 3.63) is 94.6 Å². The van der Waals surface area contributed by atoms with Crippen molar-refractivity contribution in [1.82, 2.24) is 0 Å². The number of halogens is 2. The summed E-state index contributed by atoms with van der Waals surface area (Å²) in [5, 5.41) is 0. The first-order valence-corrected chi connectivity index (χ1v) is 11.3. The third-order valence-corrected chi connectivity index (χ3v) is 5.74. The highest BCUT2D eigenvalue weighted by Crippen LogP contribution is 2.27. The highest BCUT2D eigenvalue weighted by molar-refractivity contribution is 5.65. The monoisotopic (exact) mass is 406 g/mol. The van der Waals surface area contributed by atoms with Crippen LogP contribution in [0.2, 0.25) is 0 Å². The van der Waals surface area contributed by atoms with E-state index in [2.05, 4.69) is 38.1 Å². The molecule has 0 nitrogen and oxygen atoms in total. The first kappa shape index (κ1) is 22.2. The Balaban J connectivity index is 1.64. The van der Waals surface area contributed by atoms with E-state index in [-0.39, 0.29) is 0 Å². The highest BCUT2D eigenvalue weighted by Gasteiger charge is 2.14. The van der Waals surface area contributed by atoms with Gasteiger partial charge in [0, 0.05) is 5.56 Å². The zero-order chi connectivity index (χ0) is 21.3. The molecule has 0 radical (unpaired) electrons. The van der Waals surface area contributed by atoms with Gasteiger partial charge in [-0.15, -0.1) is 0 Å². The van der Waals surface area contributed by atoms with Crippen molar-refractivity contribution in [2.75, 3.05) is 0 Å². The van der Waals surface area contributed by atoms with Crippen molar-refractivity contribution in [3.8, 4) is 11.1 Å². The van der Waals surface area contributed by atoms with Crippen molar-refractivity contribution < 1.29 is 8.78 Å². The largest absolute Gasteiger partial charge is 0.203 e. The molecule has 0 aliphatic rings. The summed E-state index contributed by atoms with van der Waals surface area (Å²) < 4.78 is 29.1. The summed E-state index contributed by atoms with van der Waals surface area (Å²) in [7, 11) is 0. The van der Waals surface area contributed by atoms with Crippen LogP contribution in [0, 0.1) is 11.6 Å². The summed E-state index contributed by atoms with van der Waals surface area (Å²) >= 11 is 0. The Hall–Kier alpha value is -2.48. The van der Waals surface area contributed by atoms with Gasteiger partial charge in [0.15, 0.2) is 11.6 Å². The number of benzene rings is 3. The smallest absolute Gasteiger partial charge is 0.166 e. The Morgan fingerprint density at radius 3 is 1.67 bits per heavy atom. The number of aryl methyl sites for hydroxylation is 4. The van der Waals surface area contributed by atoms with Crippen LogP contribution in [0.3, 0.4) is 0 Å². The van der Waals surface area contributed by atoms with E-state index in [9.17, 15) is 8.78 Å². The molecule has 30 heavy (non-hydrogen) atoms. The van der Waals surface area contributed by atoms with Crippen LogP contribution in [0.25, 0.3) is 11.1 Å². The van der Waals surface area contributed by atoms with E-state index in [1.807, 2.05) is 24.3 Å². The van der Waals surface area contributed by atoms with Crippen molar-refractivity contribution >= 4 is 0 Å². The molecule has 2 heteroatoms. The van der Waals surface area contributed by atoms with Gasteiger partial charge in [0.25, 0.3) is 0 Å². The van der Waals surface area contributed by atoms with E-state index in [0.29, 0.717) is 17.5 Å². The molecule has 3 rings (SSSR count). The molecule has 3 aromatic carbocycles. The maximum absolute atomic E-state index is 14.6. The van der Waals surface area contributed by atoms with E-state index in [1.165, 1.54) is 16.7 Å². The van der Waals surface area contributed by atoms with E-state index in [4.69, 9.17) is 0 Å². The summed E-state index contributed by atoms with van der Waals surface area (Å²) in [4.78, 5) is 0. The van der Waals surface area contributed by atoms with Gasteiger partial charge in [-0.2, -0.15) is 0 Å². The van der Waals surface area contributed by atoms with Crippen molar-refractivity contribution in [3.63, 3.8) is 0 Å². The van der Waals surface area contributed by atoms with Crippen LogP contribution in [0.4, 0.5) is 8.78 Å². The van der Waals surface area contributed by atoms with E-state index in [1.54, 1.807) is 12.1 Å². The van der Waals surface area contributed by atoms with Crippen LogP contribution in [-0.2, 0) is 25.7 Å². The van der Waals surface area contributed by atoms with Crippen LogP contribution in [0.15, 0.2) is 60.7 Å². The molecule has 0 bridgehead atoms. The first-order chi connectivity index (χ1) is 14.6. The Labute approximate surface area is 180 Å². The Morgan fingerprint density at radius 2 is 1.10 bits per heavy atom. The normalized spacial score (nSPS) is 11.1. The van der Waals surface area contributed by atoms with Crippen molar-refractivity contribution in [2.24, 2.45) is 0 Å². The average molecular weight is 407 g/mol. The zero-order valence-electron chi connectivity index (χ0n) is 18.2. The molecule has 0 saturated heterocycles. The Kier molecular flexibility index (Phi) is 8.19. The van der Waals surface area contributed by atoms with Gasteiger partial charge in [-0.05, 0) is 59.9 Å². The van der Waals surface area contributed by atoms with Crippen molar-refractivity contribution in [2.45, 2.75) is 65.2 Å². The van der Waals surface area contributed by atoms with E-state index in [0.717, 1.165) is 50.5 Å². The average Bonchev–Trinajstić information content (AvgIpc) is 2.77. The fourth-order valence-electron chi connectivity index (χ4n) is 3.87. The highest BCUT2D eigenvalue weighted by atomic mass is 19.2. The second-order valence-electron chi connectivity index (χ2n) is 8.12. The molecule has 0 aliphatic carbocycles. The number of rotatable bonds is 10. The quantitative estimate of drug-likeness (QED) is 0.298. The van der Waals surface area contributed by atoms with Gasteiger partial charge in [0.1, 0.15) is 0 Å². The van der Waals surface area contributed by atoms with Crippen LogP contribution in [-0.4, -0.2) is 0 Å². The van der Waals surface area contributed by atoms with Gasteiger partial charge in [0.05, 0.1) is 0 Å². The predicted molar refractivity (Wildman–Crippen MR) is 123 cm³/mol. The maximum Gasteiger partial charge on any atom is 0.166 e. The minimum absolute atomic E-state index is 0.338. The fourth-order valence-corrected chi connectivity index (χ4v) is 3.87. The molecule has 0 unspecified atom stereocenters. The minimum atomic E-state index is -0.732. The lowest BCUT2D eigenvalue weighted by atomic mass is 9.97. The summed E-state index contributed by atoms with van der Waals surface area (Å²) in [6.45, 7) is 4.30. The van der Waals surface area contributed by atoms with Crippen LogP contribution >= 0.6 is 0 Å². The lowest BCUT2D eigenvalue weighted by molar-refractivity contribution is 0.498. The molecule has 0 atom stereocenters. The van der Waals surface area contributed by atoms with Gasteiger partial charge >= 0.3 is 0 Å². The van der Waals surface area contributed by atoms with Crippen LogP contribution < -0.4 is 0 Å². The molecule has 0 amide bonds. The number of hydrogen-bond acceptors (Lipinski definition) is 0. The Morgan fingerprint density at radius 1 is 0.533 bits per heavy atom. The van der Waals surface area contributed by atoms with Gasteiger partial charge < -0.3 is 0 Å². The first-order valence-electron chi connectivity index (χ1n) is 11.3. The Bertz CT molecular complexity index is 924. The molecule has 158 valence electrons. The molecule has 0 saturated carbocycles. The van der Waals surface area contributed by atoms with E-state index < -0.39 is 11.6 Å². The third kappa shape index (κ3) is 5.78.